The molecule has 0 aliphatic heterocycles. The van der Waals surface area contributed by atoms with E-state index in [1.54, 1.807) is 50.2 Å². The smallest absolute Gasteiger partial charge is 0.251 e. The van der Waals surface area contributed by atoms with Gasteiger partial charge >= 0.3 is 0 Å². The van der Waals surface area contributed by atoms with Crippen molar-refractivity contribution in [1.82, 2.24) is 10.3 Å². The van der Waals surface area contributed by atoms with Crippen molar-refractivity contribution in [3.63, 3.8) is 0 Å². The van der Waals surface area contributed by atoms with E-state index in [0.29, 0.717) is 28.3 Å². The molecule has 152 valence electrons. The summed E-state index contributed by atoms with van der Waals surface area (Å²) in [7, 11) is -3.44. The Hall–Kier alpha value is -3.13. The lowest BCUT2D eigenvalue weighted by Gasteiger charge is -2.09. The minimum absolute atomic E-state index is 0.0394. The van der Waals surface area contributed by atoms with Gasteiger partial charge in [-0.2, -0.15) is 0 Å². The lowest BCUT2D eigenvalue weighted by Crippen LogP contribution is -2.23. The number of para-hydroxylation sites is 1. The zero-order valence-corrected chi connectivity index (χ0v) is 17.3. The van der Waals surface area contributed by atoms with Crippen LogP contribution in [-0.4, -0.2) is 25.1 Å². The molecule has 1 amide bonds. The third-order valence-corrected chi connectivity index (χ3v) is 5.72. The maximum Gasteiger partial charge on any atom is 0.251 e. The molecular formula is C21H23N3O4S. The Kier molecular flexibility index (Phi) is 6.03. The van der Waals surface area contributed by atoms with Gasteiger partial charge in [-0.15, -0.1) is 0 Å². The number of nitrogens with zero attached hydrogens (tertiary/aromatic N) is 1. The normalized spacial score (nSPS) is 11.3. The maximum absolute atomic E-state index is 12.3. The lowest BCUT2D eigenvalue weighted by molar-refractivity contribution is 0.0950. The summed E-state index contributed by atoms with van der Waals surface area (Å²) in [6.07, 6.45) is 0. The van der Waals surface area contributed by atoms with Crippen LogP contribution in [0.3, 0.4) is 0 Å². The largest absolute Gasteiger partial charge is 0.441 e. The van der Waals surface area contributed by atoms with Crippen LogP contribution in [0.1, 0.15) is 34.3 Å². The van der Waals surface area contributed by atoms with Gasteiger partial charge in [0.05, 0.1) is 23.5 Å². The van der Waals surface area contributed by atoms with Gasteiger partial charge in [0.2, 0.25) is 15.9 Å². The molecule has 29 heavy (non-hydrogen) atoms. The van der Waals surface area contributed by atoms with Crippen LogP contribution in [0, 0.1) is 13.8 Å². The van der Waals surface area contributed by atoms with Gasteiger partial charge in [0.1, 0.15) is 11.5 Å². The number of aryl methyl sites for hydroxylation is 2. The molecule has 2 aromatic carbocycles. The van der Waals surface area contributed by atoms with Crippen LogP contribution < -0.4 is 10.0 Å². The molecule has 0 fully saturated rings. The highest BCUT2D eigenvalue weighted by atomic mass is 32.2. The standard InChI is InChI=1S/C21H23N3O4S/c1-4-29(26,27)24-18-8-6-5-7-17(18)21-23-19(15(3)28-21)13-22-20(25)16-11-9-14(2)10-12-16/h5-12,24H,4,13H2,1-3H3,(H,22,25). The molecule has 8 heteroatoms. The van der Waals surface area contributed by atoms with Gasteiger partial charge in [0.15, 0.2) is 0 Å². The molecule has 0 aliphatic rings. The van der Waals surface area contributed by atoms with E-state index >= 15 is 0 Å². The average molecular weight is 413 g/mol. The summed E-state index contributed by atoms with van der Waals surface area (Å²) in [5.74, 6) is 0.598. The summed E-state index contributed by atoms with van der Waals surface area (Å²) in [6, 6.07) is 14.2. The molecule has 0 saturated heterocycles. The highest BCUT2D eigenvalue weighted by molar-refractivity contribution is 7.92. The number of nitrogens with one attached hydrogen (secondary N) is 2. The molecule has 0 aliphatic carbocycles. The number of anilines is 1. The Bertz CT molecular complexity index is 1120. The van der Waals surface area contributed by atoms with Crippen molar-refractivity contribution in [3.8, 4) is 11.5 Å². The van der Waals surface area contributed by atoms with Crippen LogP contribution >= 0.6 is 0 Å². The second-order valence-electron chi connectivity index (χ2n) is 6.62. The van der Waals surface area contributed by atoms with Crippen molar-refractivity contribution in [2.45, 2.75) is 27.3 Å². The van der Waals surface area contributed by atoms with E-state index < -0.39 is 10.0 Å². The number of aromatic nitrogens is 1. The summed E-state index contributed by atoms with van der Waals surface area (Å²) in [5.41, 5.74) is 3.15. The number of rotatable bonds is 7. The fourth-order valence-electron chi connectivity index (χ4n) is 2.68. The summed E-state index contributed by atoms with van der Waals surface area (Å²) in [4.78, 5) is 16.8. The van der Waals surface area contributed by atoms with Crippen molar-refractivity contribution in [3.05, 3.63) is 71.1 Å². The number of benzene rings is 2. The van der Waals surface area contributed by atoms with E-state index in [1.165, 1.54) is 0 Å². The minimum atomic E-state index is -3.44. The van der Waals surface area contributed by atoms with Crippen molar-refractivity contribution in [1.29, 1.82) is 0 Å². The van der Waals surface area contributed by atoms with E-state index in [4.69, 9.17) is 4.42 Å². The molecule has 1 aromatic heterocycles. The van der Waals surface area contributed by atoms with Gasteiger partial charge in [-0.25, -0.2) is 13.4 Å². The Morgan fingerprint density at radius 1 is 1.07 bits per heavy atom. The minimum Gasteiger partial charge on any atom is -0.441 e. The number of amides is 1. The van der Waals surface area contributed by atoms with Crippen molar-refractivity contribution in [2.24, 2.45) is 0 Å². The SMILES string of the molecule is CCS(=O)(=O)Nc1ccccc1-c1nc(CNC(=O)c2ccc(C)cc2)c(C)o1. The number of hydrogen-bond donors (Lipinski definition) is 2. The fourth-order valence-corrected chi connectivity index (χ4v) is 3.33. The Morgan fingerprint density at radius 3 is 2.45 bits per heavy atom. The average Bonchev–Trinajstić information content (AvgIpc) is 3.07. The predicted octanol–water partition coefficient (Wildman–Crippen LogP) is 3.65. The van der Waals surface area contributed by atoms with Gasteiger partial charge in [-0.05, 0) is 45.0 Å². The van der Waals surface area contributed by atoms with Crippen molar-refractivity contribution >= 4 is 21.6 Å². The third kappa shape index (κ3) is 5.03. The molecule has 0 atom stereocenters. The monoisotopic (exact) mass is 413 g/mol. The second kappa shape index (κ2) is 8.48. The Labute approximate surface area is 170 Å². The van der Waals surface area contributed by atoms with Crippen LogP contribution in [0.15, 0.2) is 52.9 Å². The molecule has 0 bridgehead atoms. The zero-order chi connectivity index (χ0) is 21.0. The Balaban J connectivity index is 1.79. The van der Waals surface area contributed by atoms with Crippen LogP contribution in [-0.2, 0) is 16.6 Å². The molecule has 3 rings (SSSR count). The topological polar surface area (TPSA) is 101 Å². The van der Waals surface area contributed by atoms with Gasteiger partial charge in [-0.1, -0.05) is 29.8 Å². The van der Waals surface area contributed by atoms with Gasteiger partial charge in [0, 0.05) is 5.56 Å². The number of carbonyl (C=O) groups is 1. The van der Waals surface area contributed by atoms with E-state index in [9.17, 15) is 13.2 Å². The number of carbonyl (C=O) groups excluding carboxylic acids is 1. The van der Waals surface area contributed by atoms with Crippen molar-refractivity contribution in [2.75, 3.05) is 10.5 Å². The van der Waals surface area contributed by atoms with Crippen LogP contribution in [0.2, 0.25) is 0 Å². The van der Waals surface area contributed by atoms with Crippen molar-refractivity contribution < 1.29 is 17.6 Å². The van der Waals surface area contributed by atoms with Crippen LogP contribution in [0.25, 0.3) is 11.5 Å². The molecule has 0 radical (unpaired) electrons. The van der Waals surface area contributed by atoms with E-state index in [0.717, 1.165) is 5.56 Å². The molecule has 0 saturated carbocycles. The first kappa shape index (κ1) is 20.6. The first-order chi connectivity index (χ1) is 13.8. The van der Waals surface area contributed by atoms with Crippen LogP contribution in [0.4, 0.5) is 5.69 Å². The molecular weight excluding hydrogens is 390 g/mol. The number of sulfonamides is 1. The van der Waals surface area contributed by atoms with Crippen LogP contribution in [0.5, 0.6) is 0 Å². The molecule has 0 unspecified atom stereocenters. The van der Waals surface area contributed by atoms with E-state index in [1.807, 2.05) is 19.1 Å². The number of hydrogen-bond acceptors (Lipinski definition) is 5. The number of oxazole rings is 1. The predicted molar refractivity (Wildman–Crippen MR) is 112 cm³/mol. The molecule has 7 nitrogen and oxygen atoms in total. The summed E-state index contributed by atoms with van der Waals surface area (Å²) in [5, 5.41) is 2.83. The highest BCUT2D eigenvalue weighted by Crippen LogP contribution is 2.29. The van der Waals surface area contributed by atoms with E-state index in [2.05, 4.69) is 15.0 Å². The summed E-state index contributed by atoms with van der Waals surface area (Å²) in [6.45, 7) is 5.48. The first-order valence-corrected chi connectivity index (χ1v) is 10.9. The van der Waals surface area contributed by atoms with Gasteiger partial charge in [-0.3, -0.25) is 9.52 Å². The summed E-state index contributed by atoms with van der Waals surface area (Å²) < 4.78 is 32.2. The molecule has 1 heterocycles. The van der Waals surface area contributed by atoms with Gasteiger partial charge < -0.3 is 9.73 Å². The summed E-state index contributed by atoms with van der Waals surface area (Å²) >= 11 is 0. The second-order valence-corrected chi connectivity index (χ2v) is 8.63. The molecule has 3 aromatic rings. The first-order valence-electron chi connectivity index (χ1n) is 9.20. The quantitative estimate of drug-likeness (QED) is 0.616. The zero-order valence-electron chi connectivity index (χ0n) is 16.5. The molecule has 2 N–H and O–H groups in total. The molecule has 0 spiro atoms. The third-order valence-electron chi connectivity index (χ3n) is 4.43. The lowest BCUT2D eigenvalue weighted by atomic mass is 10.1. The van der Waals surface area contributed by atoms with E-state index in [-0.39, 0.29) is 24.1 Å². The Morgan fingerprint density at radius 2 is 1.76 bits per heavy atom. The maximum atomic E-state index is 12.3. The van der Waals surface area contributed by atoms with Gasteiger partial charge in [0.25, 0.3) is 5.91 Å². The fraction of sp³-hybridized carbons (Fsp3) is 0.238. The highest BCUT2D eigenvalue weighted by Gasteiger charge is 2.17.